The van der Waals surface area contributed by atoms with Crippen molar-refractivity contribution in [1.29, 1.82) is 0 Å². The Morgan fingerprint density at radius 2 is 2.05 bits per heavy atom. The first-order chi connectivity index (χ1) is 9.81. The lowest BCUT2D eigenvalue weighted by Crippen LogP contribution is -2.36. The smallest absolute Gasteiger partial charge is 0.383 e. The highest BCUT2D eigenvalue weighted by Gasteiger charge is 2.36. The van der Waals surface area contributed by atoms with Crippen LogP contribution in [0.3, 0.4) is 0 Å². The van der Waals surface area contributed by atoms with Crippen molar-refractivity contribution in [3.05, 3.63) is 33.8 Å². The molecule has 0 fully saturated rings. The van der Waals surface area contributed by atoms with Crippen LogP contribution < -0.4 is 0 Å². The summed E-state index contributed by atoms with van der Waals surface area (Å²) in [4.78, 5) is 13.6. The van der Waals surface area contributed by atoms with Crippen LogP contribution in [0.15, 0.2) is 22.7 Å². The maximum atomic E-state index is 13.0. The Bertz CT molecular complexity index is 497. The second kappa shape index (κ2) is 8.00. The number of benzene rings is 1. The van der Waals surface area contributed by atoms with E-state index in [1.807, 2.05) is 0 Å². The molecular formula is C13H14BrClF3NO2. The molecule has 3 nitrogen and oxygen atoms in total. The summed E-state index contributed by atoms with van der Waals surface area (Å²) in [5.41, 5.74) is -1.37. The van der Waals surface area contributed by atoms with Crippen molar-refractivity contribution >= 4 is 33.4 Å². The number of ether oxygens (including phenoxy) is 1. The van der Waals surface area contributed by atoms with Crippen LogP contribution in [0.5, 0.6) is 0 Å². The molecule has 0 atom stereocenters. The molecular weight excluding hydrogens is 374 g/mol. The van der Waals surface area contributed by atoms with Crippen LogP contribution in [-0.2, 0) is 10.9 Å². The molecule has 1 aromatic rings. The van der Waals surface area contributed by atoms with Gasteiger partial charge in [0.1, 0.15) is 0 Å². The van der Waals surface area contributed by atoms with Gasteiger partial charge in [0.05, 0.1) is 17.7 Å². The van der Waals surface area contributed by atoms with E-state index in [1.54, 1.807) is 0 Å². The van der Waals surface area contributed by atoms with Gasteiger partial charge in [0.25, 0.3) is 5.91 Å². The molecule has 0 aromatic heterocycles. The Morgan fingerprint density at radius 1 is 1.38 bits per heavy atom. The maximum Gasteiger partial charge on any atom is 0.417 e. The molecule has 0 unspecified atom stereocenters. The fraction of sp³-hybridized carbons (Fsp3) is 0.462. The lowest BCUT2D eigenvalue weighted by atomic mass is 10.1. The van der Waals surface area contributed by atoms with Crippen LogP contribution in [0.25, 0.3) is 0 Å². The summed E-state index contributed by atoms with van der Waals surface area (Å²) < 4.78 is 44.3. The summed E-state index contributed by atoms with van der Waals surface area (Å²) in [5, 5.41) is 0. The molecule has 0 radical (unpaired) electrons. The Labute approximate surface area is 134 Å². The number of hydrogen-bond donors (Lipinski definition) is 0. The molecule has 0 N–H and O–H groups in total. The average molecular weight is 389 g/mol. The molecule has 0 aliphatic carbocycles. The monoisotopic (exact) mass is 387 g/mol. The van der Waals surface area contributed by atoms with E-state index in [0.717, 1.165) is 12.1 Å². The highest BCUT2D eigenvalue weighted by Crippen LogP contribution is 2.34. The van der Waals surface area contributed by atoms with E-state index in [4.69, 9.17) is 16.3 Å². The summed E-state index contributed by atoms with van der Waals surface area (Å²) in [5.74, 6) is -0.583. The van der Waals surface area contributed by atoms with E-state index in [1.165, 1.54) is 18.1 Å². The van der Waals surface area contributed by atoms with Crippen molar-refractivity contribution < 1.29 is 22.7 Å². The van der Waals surface area contributed by atoms with Crippen LogP contribution in [0.2, 0.25) is 0 Å². The number of alkyl halides is 4. The van der Waals surface area contributed by atoms with Gasteiger partial charge >= 0.3 is 6.18 Å². The van der Waals surface area contributed by atoms with Crippen LogP contribution in [0, 0.1) is 0 Å². The molecule has 0 spiro atoms. The second-order valence-corrected chi connectivity index (χ2v) is 5.46. The lowest BCUT2D eigenvalue weighted by molar-refractivity contribution is -0.138. The molecule has 0 saturated carbocycles. The van der Waals surface area contributed by atoms with Crippen molar-refractivity contribution in [1.82, 2.24) is 4.90 Å². The number of rotatable bonds is 6. The SMILES string of the molecule is COCCN(CCCl)C(=O)c1ccc(Br)cc1C(F)(F)F. The third-order valence-electron chi connectivity index (χ3n) is 2.72. The first-order valence-electron chi connectivity index (χ1n) is 6.02. The summed E-state index contributed by atoms with van der Waals surface area (Å²) >= 11 is 8.58. The van der Waals surface area contributed by atoms with Gasteiger partial charge in [-0.3, -0.25) is 4.79 Å². The van der Waals surface area contributed by atoms with Gasteiger partial charge < -0.3 is 9.64 Å². The van der Waals surface area contributed by atoms with Crippen LogP contribution in [0.1, 0.15) is 15.9 Å². The summed E-state index contributed by atoms with van der Waals surface area (Å²) in [6, 6.07) is 3.45. The average Bonchev–Trinajstić information content (AvgIpc) is 2.41. The van der Waals surface area contributed by atoms with Crippen molar-refractivity contribution in [3.63, 3.8) is 0 Å². The molecule has 118 valence electrons. The predicted molar refractivity (Wildman–Crippen MR) is 77.6 cm³/mol. The molecule has 1 aromatic carbocycles. The minimum absolute atomic E-state index is 0.132. The van der Waals surface area contributed by atoms with E-state index in [0.29, 0.717) is 0 Å². The van der Waals surface area contributed by atoms with Gasteiger partial charge in [0.15, 0.2) is 0 Å². The van der Waals surface area contributed by atoms with Crippen molar-refractivity contribution in [2.24, 2.45) is 0 Å². The minimum Gasteiger partial charge on any atom is -0.383 e. The highest BCUT2D eigenvalue weighted by molar-refractivity contribution is 9.10. The van der Waals surface area contributed by atoms with Crippen LogP contribution in [0.4, 0.5) is 13.2 Å². The molecule has 8 heteroatoms. The van der Waals surface area contributed by atoms with Crippen molar-refractivity contribution in [2.45, 2.75) is 6.18 Å². The van der Waals surface area contributed by atoms with E-state index in [9.17, 15) is 18.0 Å². The van der Waals surface area contributed by atoms with Gasteiger partial charge in [-0.15, -0.1) is 11.6 Å². The third-order valence-corrected chi connectivity index (χ3v) is 3.39. The van der Waals surface area contributed by atoms with E-state index in [-0.39, 0.29) is 30.0 Å². The number of carbonyl (C=O) groups excluding carboxylic acids is 1. The first kappa shape index (κ1) is 18.3. The normalized spacial score (nSPS) is 11.5. The summed E-state index contributed by atoms with van der Waals surface area (Å²) in [6.07, 6.45) is -4.61. The van der Waals surface area contributed by atoms with E-state index >= 15 is 0 Å². The zero-order valence-corrected chi connectivity index (χ0v) is 13.6. The predicted octanol–water partition coefficient (Wildman–Crippen LogP) is 3.80. The summed E-state index contributed by atoms with van der Waals surface area (Å²) in [7, 11) is 1.45. The molecule has 1 amide bonds. The Morgan fingerprint density at radius 3 is 2.57 bits per heavy atom. The second-order valence-electron chi connectivity index (χ2n) is 4.16. The number of amides is 1. The molecule has 21 heavy (non-hydrogen) atoms. The van der Waals surface area contributed by atoms with E-state index in [2.05, 4.69) is 15.9 Å². The summed E-state index contributed by atoms with van der Waals surface area (Å²) in [6.45, 7) is 0.549. The standard InChI is InChI=1S/C13H14BrClF3NO2/c1-21-7-6-19(5-4-15)12(20)10-3-2-9(14)8-11(10)13(16,17)18/h2-3,8H,4-7H2,1H3. The van der Waals surface area contributed by atoms with Gasteiger partial charge in [-0.25, -0.2) is 0 Å². The van der Waals surface area contributed by atoms with Gasteiger partial charge in [-0.1, -0.05) is 15.9 Å². The number of carbonyl (C=O) groups is 1. The maximum absolute atomic E-state index is 13.0. The molecule has 0 bridgehead atoms. The topological polar surface area (TPSA) is 29.5 Å². The zero-order valence-electron chi connectivity index (χ0n) is 11.2. The zero-order chi connectivity index (χ0) is 16.0. The van der Waals surface area contributed by atoms with Crippen LogP contribution in [-0.4, -0.2) is 43.5 Å². The molecule has 0 heterocycles. The van der Waals surface area contributed by atoms with Gasteiger partial charge in [-0.05, 0) is 18.2 Å². The molecule has 1 rings (SSSR count). The molecule has 0 aliphatic rings. The Hall–Kier alpha value is -0.790. The fourth-order valence-corrected chi connectivity index (χ4v) is 2.29. The van der Waals surface area contributed by atoms with Crippen LogP contribution >= 0.6 is 27.5 Å². The van der Waals surface area contributed by atoms with Gasteiger partial charge in [0.2, 0.25) is 0 Å². The number of hydrogen-bond acceptors (Lipinski definition) is 2. The Balaban J connectivity index is 3.15. The van der Waals surface area contributed by atoms with Gasteiger partial charge in [0, 0.05) is 30.6 Å². The highest BCUT2D eigenvalue weighted by atomic mass is 79.9. The molecule has 0 aliphatic heterocycles. The lowest BCUT2D eigenvalue weighted by Gasteiger charge is -2.23. The quantitative estimate of drug-likeness (QED) is 0.694. The third kappa shape index (κ3) is 5.16. The van der Waals surface area contributed by atoms with Crippen molar-refractivity contribution in [2.75, 3.05) is 32.7 Å². The number of methoxy groups -OCH3 is 1. The first-order valence-corrected chi connectivity index (χ1v) is 7.35. The van der Waals surface area contributed by atoms with Gasteiger partial charge in [-0.2, -0.15) is 13.2 Å². The van der Waals surface area contributed by atoms with E-state index < -0.39 is 23.2 Å². The van der Waals surface area contributed by atoms with Crippen molar-refractivity contribution in [3.8, 4) is 0 Å². The number of nitrogens with zero attached hydrogens (tertiary/aromatic N) is 1. The minimum atomic E-state index is -4.61. The fourth-order valence-electron chi connectivity index (χ4n) is 1.73. The molecule has 0 saturated heterocycles. The Kier molecular flexibility index (Phi) is 6.96. The number of halogens is 5. The largest absolute Gasteiger partial charge is 0.417 e.